The number of carbonyl (C=O) groups excluding carboxylic acids is 2. The van der Waals surface area contributed by atoms with Gasteiger partial charge in [0.05, 0.1) is 12.1 Å². The molecule has 0 bridgehead atoms. The first kappa shape index (κ1) is 13.3. The van der Waals surface area contributed by atoms with Crippen LogP contribution in [0.25, 0.3) is 0 Å². The van der Waals surface area contributed by atoms with E-state index < -0.39 is 5.60 Å². The summed E-state index contributed by atoms with van der Waals surface area (Å²) in [5.41, 5.74) is -0.703. The normalized spacial score (nSPS) is 22.3. The molecule has 2 rings (SSSR count). The van der Waals surface area contributed by atoms with Gasteiger partial charge in [-0.05, 0) is 32.1 Å². The van der Waals surface area contributed by atoms with Gasteiger partial charge in [0.2, 0.25) is 11.8 Å². The van der Waals surface area contributed by atoms with E-state index >= 15 is 0 Å². The van der Waals surface area contributed by atoms with Crippen LogP contribution in [0.4, 0.5) is 0 Å². The van der Waals surface area contributed by atoms with Crippen molar-refractivity contribution in [3.63, 3.8) is 0 Å². The van der Waals surface area contributed by atoms with E-state index in [1.54, 1.807) is 0 Å². The first-order chi connectivity index (χ1) is 8.59. The molecule has 0 aromatic carbocycles. The molecule has 0 radical (unpaired) electrons. The lowest BCUT2D eigenvalue weighted by Gasteiger charge is -2.36. The van der Waals surface area contributed by atoms with Crippen molar-refractivity contribution < 1.29 is 14.7 Å². The number of carbonyl (C=O) groups is 2. The first-order valence-electron chi connectivity index (χ1n) is 6.86. The fourth-order valence-electron chi connectivity index (χ4n) is 2.59. The van der Waals surface area contributed by atoms with Crippen LogP contribution < -0.4 is 10.6 Å². The van der Waals surface area contributed by atoms with Gasteiger partial charge in [0, 0.05) is 12.5 Å². The molecule has 0 heterocycles. The summed E-state index contributed by atoms with van der Waals surface area (Å²) in [6, 6.07) is 0. The van der Waals surface area contributed by atoms with Crippen LogP contribution >= 0.6 is 0 Å². The highest BCUT2D eigenvalue weighted by atomic mass is 16.3. The fourth-order valence-corrected chi connectivity index (χ4v) is 2.59. The van der Waals surface area contributed by atoms with Gasteiger partial charge in [-0.25, -0.2) is 0 Å². The second-order valence-electron chi connectivity index (χ2n) is 5.55. The van der Waals surface area contributed by atoms with Gasteiger partial charge in [-0.3, -0.25) is 9.59 Å². The van der Waals surface area contributed by atoms with Crippen LogP contribution in [-0.4, -0.2) is 35.6 Å². The Morgan fingerprint density at radius 2 is 1.78 bits per heavy atom. The summed E-state index contributed by atoms with van der Waals surface area (Å²) in [5.74, 6) is -0.139. The molecule has 2 saturated carbocycles. The van der Waals surface area contributed by atoms with Gasteiger partial charge in [0.15, 0.2) is 0 Å². The Bertz CT molecular complexity index is 320. The highest BCUT2D eigenvalue weighted by Crippen LogP contribution is 2.30. The third-order valence-electron chi connectivity index (χ3n) is 4.05. The number of nitrogens with one attached hydrogen (secondary N) is 2. The maximum Gasteiger partial charge on any atom is 0.239 e. The highest BCUT2D eigenvalue weighted by molar-refractivity contribution is 5.85. The lowest BCUT2D eigenvalue weighted by molar-refractivity contribution is -0.129. The second kappa shape index (κ2) is 5.69. The van der Waals surface area contributed by atoms with E-state index in [-0.39, 0.29) is 24.3 Å². The Balaban J connectivity index is 1.60. The molecule has 2 aliphatic carbocycles. The topological polar surface area (TPSA) is 78.4 Å². The minimum Gasteiger partial charge on any atom is -0.388 e. The molecule has 0 atom stereocenters. The van der Waals surface area contributed by atoms with Crippen molar-refractivity contribution in [1.82, 2.24) is 10.6 Å². The standard InChI is InChI=1S/C13H22N2O3/c16-11(15-9-13(18)6-3-7-13)8-14-12(17)10-4-1-2-5-10/h10,18H,1-9H2,(H,14,17)(H,15,16). The molecular weight excluding hydrogens is 232 g/mol. The molecule has 3 N–H and O–H groups in total. The molecule has 0 aromatic rings. The van der Waals surface area contributed by atoms with Gasteiger partial charge >= 0.3 is 0 Å². The van der Waals surface area contributed by atoms with E-state index in [1.165, 1.54) is 0 Å². The zero-order valence-corrected chi connectivity index (χ0v) is 10.7. The van der Waals surface area contributed by atoms with E-state index in [4.69, 9.17) is 0 Å². The average molecular weight is 254 g/mol. The van der Waals surface area contributed by atoms with Crippen LogP contribution in [-0.2, 0) is 9.59 Å². The van der Waals surface area contributed by atoms with Crippen molar-refractivity contribution in [3.05, 3.63) is 0 Å². The Hall–Kier alpha value is -1.10. The first-order valence-corrected chi connectivity index (χ1v) is 6.86. The summed E-state index contributed by atoms with van der Waals surface area (Å²) < 4.78 is 0. The minimum absolute atomic E-state index is 0.00925. The summed E-state index contributed by atoms with van der Waals surface area (Å²) in [7, 11) is 0. The fraction of sp³-hybridized carbons (Fsp3) is 0.846. The molecular formula is C13H22N2O3. The van der Waals surface area contributed by atoms with Crippen LogP contribution in [0.3, 0.4) is 0 Å². The number of amides is 2. The smallest absolute Gasteiger partial charge is 0.239 e. The van der Waals surface area contributed by atoms with Crippen molar-refractivity contribution >= 4 is 11.8 Å². The summed E-state index contributed by atoms with van der Waals surface area (Å²) in [6.45, 7) is 0.316. The van der Waals surface area contributed by atoms with Crippen LogP contribution in [0.2, 0.25) is 0 Å². The molecule has 5 nitrogen and oxygen atoms in total. The van der Waals surface area contributed by atoms with Crippen LogP contribution in [0.15, 0.2) is 0 Å². The SMILES string of the molecule is O=C(CNC(=O)C1CCCC1)NCC1(O)CCC1. The molecule has 5 heteroatoms. The molecule has 2 aliphatic rings. The molecule has 0 aliphatic heterocycles. The molecule has 0 aromatic heterocycles. The van der Waals surface area contributed by atoms with Crippen molar-refractivity contribution in [1.29, 1.82) is 0 Å². The van der Waals surface area contributed by atoms with Crippen molar-refractivity contribution in [2.24, 2.45) is 5.92 Å². The summed E-state index contributed by atoms with van der Waals surface area (Å²) in [4.78, 5) is 23.2. The third-order valence-corrected chi connectivity index (χ3v) is 4.05. The van der Waals surface area contributed by atoms with Crippen LogP contribution in [0.1, 0.15) is 44.9 Å². The Kier molecular flexibility index (Phi) is 4.22. The highest BCUT2D eigenvalue weighted by Gasteiger charge is 2.34. The second-order valence-corrected chi connectivity index (χ2v) is 5.55. The molecule has 2 fully saturated rings. The molecule has 0 saturated heterocycles. The summed E-state index contributed by atoms with van der Waals surface area (Å²) >= 11 is 0. The van der Waals surface area contributed by atoms with E-state index in [2.05, 4.69) is 10.6 Å². The average Bonchev–Trinajstić information content (AvgIpc) is 2.84. The Morgan fingerprint density at radius 3 is 2.33 bits per heavy atom. The summed E-state index contributed by atoms with van der Waals surface area (Å²) in [5, 5.41) is 15.1. The van der Waals surface area contributed by atoms with Gasteiger partial charge in [-0.15, -0.1) is 0 Å². The quantitative estimate of drug-likeness (QED) is 0.661. The lowest BCUT2D eigenvalue weighted by Crippen LogP contribution is -2.49. The van der Waals surface area contributed by atoms with Crippen molar-refractivity contribution in [2.45, 2.75) is 50.5 Å². The van der Waals surface area contributed by atoms with E-state index in [0.29, 0.717) is 6.54 Å². The lowest BCUT2D eigenvalue weighted by atomic mass is 9.80. The van der Waals surface area contributed by atoms with E-state index in [9.17, 15) is 14.7 Å². The van der Waals surface area contributed by atoms with Gasteiger partial charge in [-0.2, -0.15) is 0 Å². The van der Waals surface area contributed by atoms with Gasteiger partial charge in [0.1, 0.15) is 0 Å². The Morgan fingerprint density at radius 1 is 1.11 bits per heavy atom. The van der Waals surface area contributed by atoms with Crippen molar-refractivity contribution in [3.8, 4) is 0 Å². The largest absolute Gasteiger partial charge is 0.388 e. The predicted octanol–water partition coefficient (Wildman–Crippen LogP) is 0.324. The molecule has 18 heavy (non-hydrogen) atoms. The zero-order chi connectivity index (χ0) is 13.0. The third kappa shape index (κ3) is 3.45. The zero-order valence-electron chi connectivity index (χ0n) is 10.7. The number of aliphatic hydroxyl groups is 1. The number of hydrogen-bond donors (Lipinski definition) is 3. The molecule has 2 amide bonds. The van der Waals surface area contributed by atoms with E-state index in [1.807, 2.05) is 0 Å². The minimum atomic E-state index is -0.703. The maximum absolute atomic E-state index is 11.7. The molecule has 0 spiro atoms. The molecule has 0 unspecified atom stereocenters. The van der Waals surface area contributed by atoms with Crippen molar-refractivity contribution in [2.75, 3.05) is 13.1 Å². The van der Waals surface area contributed by atoms with Gasteiger partial charge < -0.3 is 15.7 Å². The van der Waals surface area contributed by atoms with E-state index in [0.717, 1.165) is 44.9 Å². The number of rotatable bonds is 5. The Labute approximate surface area is 107 Å². The molecule has 102 valence electrons. The van der Waals surface area contributed by atoms with Gasteiger partial charge in [-0.1, -0.05) is 12.8 Å². The monoisotopic (exact) mass is 254 g/mol. The predicted molar refractivity (Wildman–Crippen MR) is 66.8 cm³/mol. The van der Waals surface area contributed by atoms with Crippen LogP contribution in [0, 0.1) is 5.92 Å². The maximum atomic E-state index is 11.7. The van der Waals surface area contributed by atoms with Gasteiger partial charge in [0.25, 0.3) is 0 Å². The summed E-state index contributed by atoms with van der Waals surface area (Å²) in [6.07, 6.45) is 6.61. The van der Waals surface area contributed by atoms with Crippen LogP contribution in [0.5, 0.6) is 0 Å². The number of hydrogen-bond acceptors (Lipinski definition) is 3.